The number of hydrogen-bond donors (Lipinski definition) is 0. The van der Waals surface area contributed by atoms with E-state index in [4.69, 9.17) is 0 Å². The van der Waals surface area contributed by atoms with Crippen LogP contribution in [0.4, 0.5) is 0 Å². The van der Waals surface area contributed by atoms with Gasteiger partial charge >= 0.3 is 129 Å². The molecule has 1 fully saturated rings. The SMILES string of the molecule is CC(C)[N](C(C)C)[Sn]1[N](C(C)(C)C)C[N]1C(C)(C)C. The van der Waals surface area contributed by atoms with Gasteiger partial charge in [-0.05, 0) is 0 Å². The summed E-state index contributed by atoms with van der Waals surface area (Å²) in [6, 6.07) is 1.29. The third kappa shape index (κ3) is 3.86. The predicted molar refractivity (Wildman–Crippen MR) is 85.9 cm³/mol. The molecule has 0 aliphatic carbocycles. The molecule has 0 atom stereocenters. The van der Waals surface area contributed by atoms with Crippen molar-refractivity contribution in [3.05, 3.63) is 0 Å². The fourth-order valence-electron chi connectivity index (χ4n) is 2.70. The van der Waals surface area contributed by atoms with Gasteiger partial charge in [-0.15, -0.1) is 0 Å². The van der Waals surface area contributed by atoms with Crippen LogP contribution in [0, 0.1) is 0 Å². The van der Waals surface area contributed by atoms with Crippen molar-refractivity contribution in [1.82, 2.24) is 9.36 Å². The van der Waals surface area contributed by atoms with E-state index in [1.54, 1.807) is 0 Å². The second-order valence-corrected chi connectivity index (χ2v) is 14.5. The average molecular weight is 375 g/mol. The zero-order valence-corrected chi connectivity index (χ0v) is 17.6. The third-order valence-electron chi connectivity index (χ3n) is 3.73. The van der Waals surface area contributed by atoms with Crippen molar-refractivity contribution in [3.63, 3.8) is 0 Å². The Balaban J connectivity index is 3.05. The summed E-state index contributed by atoms with van der Waals surface area (Å²) in [5.74, 6) is 0. The molecule has 0 aromatic rings. The quantitative estimate of drug-likeness (QED) is 0.702. The van der Waals surface area contributed by atoms with Crippen LogP contribution in [-0.2, 0) is 0 Å². The van der Waals surface area contributed by atoms with Gasteiger partial charge in [-0.2, -0.15) is 0 Å². The molecule has 19 heavy (non-hydrogen) atoms. The molecule has 1 aliphatic rings. The van der Waals surface area contributed by atoms with Crippen molar-refractivity contribution < 1.29 is 0 Å². The molecule has 4 heteroatoms. The summed E-state index contributed by atoms with van der Waals surface area (Å²) >= 11 is -1.89. The third-order valence-corrected chi connectivity index (χ3v) is 15.4. The van der Waals surface area contributed by atoms with Crippen LogP contribution in [-0.4, -0.2) is 59.8 Å². The van der Waals surface area contributed by atoms with E-state index < -0.39 is 20.6 Å². The summed E-state index contributed by atoms with van der Waals surface area (Å²) in [4.78, 5) is 0. The Kier molecular flexibility index (Phi) is 5.43. The van der Waals surface area contributed by atoms with Gasteiger partial charge in [-0.3, -0.25) is 0 Å². The molecule has 0 spiro atoms. The molecule has 1 radical (unpaired) electrons. The first-order valence-electron chi connectivity index (χ1n) is 7.58. The Labute approximate surface area is 129 Å². The van der Waals surface area contributed by atoms with Crippen LogP contribution in [0.5, 0.6) is 0 Å². The molecule has 0 aromatic heterocycles. The van der Waals surface area contributed by atoms with Crippen LogP contribution in [0.15, 0.2) is 0 Å². The van der Waals surface area contributed by atoms with Gasteiger partial charge in [-0.25, -0.2) is 0 Å². The second kappa shape index (κ2) is 5.82. The molecule has 3 nitrogen and oxygen atoms in total. The van der Waals surface area contributed by atoms with Crippen LogP contribution in [0.2, 0.25) is 0 Å². The zero-order chi connectivity index (χ0) is 15.2. The summed E-state index contributed by atoms with van der Waals surface area (Å²) in [5, 5.41) is 0. The van der Waals surface area contributed by atoms with Crippen LogP contribution in [0.1, 0.15) is 69.2 Å². The molecule has 0 bridgehead atoms. The van der Waals surface area contributed by atoms with Crippen LogP contribution >= 0.6 is 0 Å². The van der Waals surface area contributed by atoms with Gasteiger partial charge in [-0.1, -0.05) is 0 Å². The van der Waals surface area contributed by atoms with Gasteiger partial charge in [0.15, 0.2) is 0 Å². The maximum atomic E-state index is 2.82. The molecule has 0 saturated carbocycles. The van der Waals surface area contributed by atoms with E-state index >= 15 is 0 Å². The van der Waals surface area contributed by atoms with E-state index in [1.807, 2.05) is 0 Å². The molecule has 1 heterocycles. The van der Waals surface area contributed by atoms with Gasteiger partial charge in [0.2, 0.25) is 0 Å². The van der Waals surface area contributed by atoms with Gasteiger partial charge in [0.25, 0.3) is 0 Å². The number of hydrogen-bond acceptors (Lipinski definition) is 3. The Morgan fingerprint density at radius 3 is 1.32 bits per heavy atom. The van der Waals surface area contributed by atoms with E-state index in [1.165, 1.54) is 0 Å². The molecule has 113 valence electrons. The summed E-state index contributed by atoms with van der Waals surface area (Å²) in [6.07, 6.45) is 0. The number of rotatable bonds is 3. The van der Waals surface area contributed by atoms with Gasteiger partial charge < -0.3 is 0 Å². The topological polar surface area (TPSA) is 9.72 Å². The molecule has 1 saturated heterocycles. The summed E-state index contributed by atoms with van der Waals surface area (Å²) < 4.78 is 8.43. The van der Waals surface area contributed by atoms with E-state index in [9.17, 15) is 0 Å². The fourth-order valence-corrected chi connectivity index (χ4v) is 12.1. The van der Waals surface area contributed by atoms with Crippen LogP contribution in [0.3, 0.4) is 0 Å². The number of nitrogens with zero attached hydrogens (tertiary/aromatic N) is 3. The molecule has 0 amide bonds. The van der Waals surface area contributed by atoms with Crippen molar-refractivity contribution in [2.24, 2.45) is 0 Å². The van der Waals surface area contributed by atoms with Gasteiger partial charge in [0, 0.05) is 0 Å². The maximum absolute atomic E-state index is 2.82. The van der Waals surface area contributed by atoms with E-state index in [-0.39, 0.29) is 0 Å². The fraction of sp³-hybridized carbons (Fsp3) is 1.00. The van der Waals surface area contributed by atoms with Gasteiger partial charge in [0.1, 0.15) is 0 Å². The molecular weight excluding hydrogens is 341 g/mol. The van der Waals surface area contributed by atoms with E-state index in [0.717, 1.165) is 6.67 Å². The summed E-state index contributed by atoms with van der Waals surface area (Å²) in [5.41, 5.74) is 0.608. The standard InChI is InChI=1S/C9H20N2.C6H14N.Sn/c1-8(2,3)10-7-11-9(4,5)6;1-5(2)7-6(3)4;/h7H2,1-6H3;5-6H,1-4H3;/q-2;-1;+3. The first kappa shape index (κ1) is 17.7. The molecular formula is C15H34N3Sn. The predicted octanol–water partition coefficient (Wildman–Crippen LogP) is 3.26. The Morgan fingerprint density at radius 1 is 0.789 bits per heavy atom. The minimum atomic E-state index is -1.89. The first-order chi connectivity index (χ1) is 8.37. The minimum absolute atomic E-state index is 0.304. The molecule has 1 rings (SSSR count). The van der Waals surface area contributed by atoms with Crippen LogP contribution in [0.25, 0.3) is 0 Å². The van der Waals surface area contributed by atoms with Crippen molar-refractivity contribution in [2.75, 3.05) is 6.67 Å². The monoisotopic (exact) mass is 376 g/mol. The second-order valence-electron chi connectivity index (χ2n) is 8.23. The summed E-state index contributed by atoms with van der Waals surface area (Å²) in [7, 11) is 0. The average Bonchev–Trinajstić information content (AvgIpc) is 2.04. The van der Waals surface area contributed by atoms with E-state index in [2.05, 4.69) is 78.6 Å². The summed E-state index contributed by atoms with van der Waals surface area (Å²) in [6.45, 7) is 24.8. The van der Waals surface area contributed by atoms with E-state index in [0.29, 0.717) is 23.2 Å². The Bertz CT molecular complexity index is 273. The van der Waals surface area contributed by atoms with Crippen molar-refractivity contribution in [3.8, 4) is 0 Å². The molecule has 0 aromatic carbocycles. The van der Waals surface area contributed by atoms with Crippen molar-refractivity contribution in [1.29, 1.82) is 0 Å². The van der Waals surface area contributed by atoms with Crippen molar-refractivity contribution in [2.45, 2.75) is 92.4 Å². The van der Waals surface area contributed by atoms with Crippen molar-refractivity contribution >= 4 is 20.6 Å². The van der Waals surface area contributed by atoms with Crippen LogP contribution < -0.4 is 0 Å². The molecule has 0 unspecified atom stereocenters. The zero-order valence-electron chi connectivity index (χ0n) is 14.7. The molecule has 0 N–H and O–H groups in total. The normalized spacial score (nSPS) is 20.7. The first-order valence-corrected chi connectivity index (χ1v) is 11.4. The Morgan fingerprint density at radius 2 is 1.11 bits per heavy atom. The van der Waals surface area contributed by atoms with Gasteiger partial charge in [0.05, 0.1) is 0 Å². The molecule has 1 aliphatic heterocycles. The Hall–Kier alpha value is 0.679.